The minimum absolute atomic E-state index is 0.116. The Morgan fingerprint density at radius 3 is 2.71 bits per heavy atom. The number of anilines is 2. The number of aromatic nitrogens is 4. The van der Waals surface area contributed by atoms with E-state index in [1.807, 2.05) is 0 Å². The van der Waals surface area contributed by atoms with Crippen LogP contribution in [0.3, 0.4) is 0 Å². The fourth-order valence-electron chi connectivity index (χ4n) is 1.26. The van der Waals surface area contributed by atoms with Crippen LogP contribution in [0.15, 0.2) is 24.5 Å². The van der Waals surface area contributed by atoms with Gasteiger partial charge in [-0.15, -0.1) is 0 Å². The van der Waals surface area contributed by atoms with E-state index in [-0.39, 0.29) is 18.2 Å². The molecule has 8 heteroatoms. The number of nitrogen functional groups attached to an aromatic ring is 1. The summed E-state index contributed by atoms with van der Waals surface area (Å²) in [5.74, 6) is 0.498. The number of nitrogens with zero attached hydrogens (tertiary/aromatic N) is 3. The number of nitrogens with two attached hydrogens (primary N) is 1. The van der Waals surface area contributed by atoms with Gasteiger partial charge in [-0.05, 0) is 6.07 Å². The number of hydrogen-bond acceptors (Lipinski definition) is 5. The summed E-state index contributed by atoms with van der Waals surface area (Å²) in [5, 5.41) is 12.3. The summed E-state index contributed by atoms with van der Waals surface area (Å²) in [7, 11) is 0. The number of fused-ring (bicyclic) bond motifs is 1. The summed E-state index contributed by atoms with van der Waals surface area (Å²) in [6, 6.07) is 3.27. The molecule has 2 aromatic heterocycles. The maximum absolute atomic E-state index is 11.0. The van der Waals surface area contributed by atoms with E-state index in [1.54, 1.807) is 18.3 Å². The Morgan fingerprint density at radius 2 is 2.12 bits per heavy atom. The highest BCUT2D eigenvalue weighted by Crippen LogP contribution is 2.11. The third kappa shape index (κ3) is 2.48. The first kappa shape index (κ1) is 10.9. The predicted octanol–water partition coefficient (Wildman–Crippen LogP) is -0.143. The molecule has 0 radical (unpaired) electrons. The Kier molecular flexibility index (Phi) is 2.86. The van der Waals surface area contributed by atoms with Crippen molar-refractivity contribution in [1.82, 2.24) is 20.0 Å². The van der Waals surface area contributed by atoms with E-state index in [0.717, 1.165) is 0 Å². The topological polar surface area (TPSA) is 119 Å². The first-order chi connectivity index (χ1) is 8.16. The molecule has 3 heterocycles. The van der Waals surface area contributed by atoms with Crippen LogP contribution >= 0.6 is 0 Å². The summed E-state index contributed by atoms with van der Waals surface area (Å²) in [6.45, 7) is 0. The molecule has 0 spiro atoms. The quantitative estimate of drug-likeness (QED) is 0.548. The normalized spacial score (nSPS) is 13.4. The molecular weight excluding hydrogens is 224 g/mol. The largest absolute Gasteiger partial charge is 0.384 e. The first-order valence-corrected chi connectivity index (χ1v) is 4.79. The minimum Gasteiger partial charge on any atom is -0.384 e. The third-order valence-corrected chi connectivity index (χ3v) is 1.98. The van der Waals surface area contributed by atoms with Crippen molar-refractivity contribution in [3.8, 4) is 0 Å². The van der Waals surface area contributed by atoms with E-state index in [0.29, 0.717) is 11.6 Å². The Balaban J connectivity index is 0.000000153. The number of carbonyl (C=O) groups excluding carboxylic acids is 2. The molecule has 4 N–H and O–H groups in total. The average molecular weight is 234 g/mol. The van der Waals surface area contributed by atoms with Crippen molar-refractivity contribution in [3.05, 3.63) is 24.5 Å². The number of amides is 1. The summed E-state index contributed by atoms with van der Waals surface area (Å²) in [5.41, 5.74) is 5.16. The first-order valence-electron chi connectivity index (χ1n) is 4.79. The highest BCUT2D eigenvalue weighted by Gasteiger charge is 2.21. The molecule has 0 bridgehead atoms. The van der Waals surface area contributed by atoms with Crippen LogP contribution < -0.4 is 11.1 Å². The van der Waals surface area contributed by atoms with Crippen molar-refractivity contribution in [2.75, 3.05) is 11.1 Å². The third-order valence-electron chi connectivity index (χ3n) is 1.98. The van der Waals surface area contributed by atoms with Crippen LogP contribution in [0.25, 0.3) is 0 Å². The standard InChI is InChI=1S/C6H5N3O2.C3H5N3/c10-5-3-6(11)9-4(8-5)1-2-7-9;4-3-1-2-5-6-3/h1-2H,3H2,(H,8,10);1-2H,(H3,4,5,6). The molecule has 1 aliphatic heterocycles. The molecule has 0 saturated carbocycles. The molecule has 0 unspecified atom stereocenters. The summed E-state index contributed by atoms with van der Waals surface area (Å²) in [6.07, 6.45) is 2.96. The number of aromatic amines is 1. The number of H-pyrrole nitrogens is 1. The van der Waals surface area contributed by atoms with Gasteiger partial charge in [0.25, 0.3) is 5.91 Å². The van der Waals surface area contributed by atoms with Gasteiger partial charge >= 0.3 is 0 Å². The van der Waals surface area contributed by atoms with Gasteiger partial charge in [-0.3, -0.25) is 14.7 Å². The Bertz CT molecular complexity index is 529. The van der Waals surface area contributed by atoms with E-state index in [9.17, 15) is 9.59 Å². The SMILES string of the molecule is Nc1ccn[nH]1.O=C1CC(=O)n2nccc2N1. The van der Waals surface area contributed by atoms with Crippen LogP contribution in [-0.4, -0.2) is 31.8 Å². The predicted molar refractivity (Wildman–Crippen MR) is 59.1 cm³/mol. The molecule has 0 aliphatic carbocycles. The van der Waals surface area contributed by atoms with Crippen molar-refractivity contribution in [2.24, 2.45) is 0 Å². The van der Waals surface area contributed by atoms with Crippen LogP contribution in [0.5, 0.6) is 0 Å². The van der Waals surface area contributed by atoms with E-state index >= 15 is 0 Å². The smallest absolute Gasteiger partial charge is 0.258 e. The van der Waals surface area contributed by atoms with Gasteiger partial charge in [0.1, 0.15) is 18.1 Å². The number of carbonyl (C=O) groups is 2. The van der Waals surface area contributed by atoms with E-state index < -0.39 is 0 Å². The lowest BCUT2D eigenvalue weighted by atomic mass is 10.3. The van der Waals surface area contributed by atoms with Crippen LogP contribution in [0.4, 0.5) is 11.6 Å². The van der Waals surface area contributed by atoms with Crippen molar-refractivity contribution < 1.29 is 9.59 Å². The molecule has 8 nitrogen and oxygen atoms in total. The second kappa shape index (κ2) is 4.47. The van der Waals surface area contributed by atoms with Gasteiger partial charge in [0.05, 0.1) is 12.4 Å². The number of hydrogen-bond donors (Lipinski definition) is 3. The van der Waals surface area contributed by atoms with E-state index in [1.165, 1.54) is 10.9 Å². The zero-order valence-electron chi connectivity index (χ0n) is 8.75. The summed E-state index contributed by atoms with van der Waals surface area (Å²) in [4.78, 5) is 21.8. The van der Waals surface area contributed by atoms with Crippen LogP contribution in [0, 0.1) is 0 Å². The number of nitrogens with one attached hydrogen (secondary N) is 2. The monoisotopic (exact) mass is 234 g/mol. The molecule has 0 saturated heterocycles. The van der Waals surface area contributed by atoms with Crippen molar-refractivity contribution in [1.29, 1.82) is 0 Å². The van der Waals surface area contributed by atoms with Crippen molar-refractivity contribution in [2.45, 2.75) is 6.42 Å². The van der Waals surface area contributed by atoms with E-state index in [2.05, 4.69) is 20.6 Å². The fourth-order valence-corrected chi connectivity index (χ4v) is 1.26. The zero-order chi connectivity index (χ0) is 12.3. The Labute approximate surface area is 95.8 Å². The van der Waals surface area contributed by atoms with Gasteiger partial charge in [-0.2, -0.15) is 14.9 Å². The van der Waals surface area contributed by atoms with Gasteiger partial charge < -0.3 is 11.1 Å². The van der Waals surface area contributed by atoms with Gasteiger partial charge in [0.15, 0.2) is 0 Å². The summed E-state index contributed by atoms with van der Waals surface area (Å²) >= 11 is 0. The molecular formula is C9H10N6O2. The lowest BCUT2D eigenvalue weighted by Crippen LogP contribution is -2.29. The summed E-state index contributed by atoms with van der Waals surface area (Å²) < 4.78 is 1.18. The zero-order valence-corrected chi connectivity index (χ0v) is 8.75. The lowest BCUT2D eigenvalue weighted by molar-refractivity contribution is -0.115. The molecule has 1 aliphatic rings. The lowest BCUT2D eigenvalue weighted by Gasteiger charge is -2.11. The minimum atomic E-state index is -0.284. The van der Waals surface area contributed by atoms with Gasteiger partial charge in [-0.1, -0.05) is 0 Å². The number of rotatable bonds is 0. The molecule has 0 fully saturated rings. The van der Waals surface area contributed by atoms with Crippen LogP contribution in [0.1, 0.15) is 11.2 Å². The van der Waals surface area contributed by atoms with Gasteiger partial charge in [0.2, 0.25) is 5.91 Å². The van der Waals surface area contributed by atoms with Crippen LogP contribution in [0.2, 0.25) is 0 Å². The fraction of sp³-hybridized carbons (Fsp3) is 0.111. The second-order valence-electron chi connectivity index (χ2n) is 3.26. The van der Waals surface area contributed by atoms with Crippen molar-refractivity contribution in [3.63, 3.8) is 0 Å². The maximum Gasteiger partial charge on any atom is 0.258 e. The Hall–Kier alpha value is -2.64. The molecule has 2 aromatic rings. The average Bonchev–Trinajstić information content (AvgIpc) is 2.89. The van der Waals surface area contributed by atoms with Gasteiger partial charge in [0, 0.05) is 6.07 Å². The molecule has 0 atom stereocenters. The Morgan fingerprint density at radius 1 is 1.29 bits per heavy atom. The van der Waals surface area contributed by atoms with Crippen molar-refractivity contribution >= 4 is 23.5 Å². The maximum atomic E-state index is 11.0. The molecule has 88 valence electrons. The molecule has 1 amide bonds. The molecule has 17 heavy (non-hydrogen) atoms. The van der Waals surface area contributed by atoms with E-state index in [4.69, 9.17) is 5.73 Å². The van der Waals surface area contributed by atoms with Gasteiger partial charge in [-0.25, -0.2) is 0 Å². The molecule has 0 aromatic carbocycles. The van der Waals surface area contributed by atoms with Crippen LogP contribution in [-0.2, 0) is 4.79 Å². The highest BCUT2D eigenvalue weighted by molar-refractivity contribution is 6.08. The highest BCUT2D eigenvalue weighted by atomic mass is 16.2. The second-order valence-corrected chi connectivity index (χ2v) is 3.26. The molecule has 3 rings (SSSR count).